The van der Waals surface area contributed by atoms with Gasteiger partial charge in [-0.2, -0.15) is 0 Å². The first-order valence-corrected chi connectivity index (χ1v) is 5.90. The first-order chi connectivity index (χ1) is 8.20. The van der Waals surface area contributed by atoms with Crippen molar-refractivity contribution < 1.29 is 0 Å². The standard InChI is InChI=1S/C15H18N2/c1-11-3-6-13(7-4-11)14(9-16)15-8-5-12(2)10-17-15/h3-8,10,14H,9,16H2,1-2H3/t14-/m1/s1. The normalized spacial score (nSPS) is 12.4. The summed E-state index contributed by atoms with van der Waals surface area (Å²) in [4.78, 5) is 4.47. The third-order valence-electron chi connectivity index (χ3n) is 3.01. The molecule has 1 atom stereocenters. The Hall–Kier alpha value is -1.67. The van der Waals surface area contributed by atoms with Gasteiger partial charge in [0.25, 0.3) is 0 Å². The van der Waals surface area contributed by atoms with Crippen LogP contribution in [-0.4, -0.2) is 11.5 Å². The van der Waals surface area contributed by atoms with Crippen LogP contribution in [-0.2, 0) is 0 Å². The van der Waals surface area contributed by atoms with Crippen LogP contribution in [0.3, 0.4) is 0 Å². The van der Waals surface area contributed by atoms with Gasteiger partial charge in [0.1, 0.15) is 0 Å². The van der Waals surface area contributed by atoms with Crippen molar-refractivity contribution >= 4 is 0 Å². The summed E-state index contributed by atoms with van der Waals surface area (Å²) in [5.74, 6) is 0.191. The van der Waals surface area contributed by atoms with E-state index >= 15 is 0 Å². The first kappa shape index (κ1) is 11.8. The number of aryl methyl sites for hydroxylation is 2. The van der Waals surface area contributed by atoms with Crippen LogP contribution in [0.2, 0.25) is 0 Å². The molecule has 2 heteroatoms. The van der Waals surface area contributed by atoms with Gasteiger partial charge < -0.3 is 5.73 Å². The molecule has 2 N–H and O–H groups in total. The van der Waals surface area contributed by atoms with E-state index in [1.807, 2.05) is 13.1 Å². The predicted octanol–water partition coefficient (Wildman–Crippen LogP) is 2.79. The van der Waals surface area contributed by atoms with Crippen molar-refractivity contribution in [1.29, 1.82) is 0 Å². The summed E-state index contributed by atoms with van der Waals surface area (Å²) in [6, 6.07) is 12.6. The molecule has 0 spiro atoms. The van der Waals surface area contributed by atoms with Crippen molar-refractivity contribution in [2.45, 2.75) is 19.8 Å². The molecule has 17 heavy (non-hydrogen) atoms. The van der Waals surface area contributed by atoms with Gasteiger partial charge in [-0.1, -0.05) is 35.9 Å². The second-order valence-corrected chi connectivity index (χ2v) is 4.46. The molecule has 2 nitrogen and oxygen atoms in total. The van der Waals surface area contributed by atoms with E-state index in [4.69, 9.17) is 5.73 Å². The lowest BCUT2D eigenvalue weighted by Crippen LogP contribution is -2.15. The van der Waals surface area contributed by atoms with Crippen molar-refractivity contribution in [3.05, 3.63) is 65.0 Å². The molecule has 1 aromatic heterocycles. The van der Waals surface area contributed by atoms with Gasteiger partial charge in [0, 0.05) is 24.4 Å². The van der Waals surface area contributed by atoms with Crippen LogP contribution in [0.1, 0.15) is 28.3 Å². The summed E-state index contributed by atoms with van der Waals surface area (Å²) < 4.78 is 0. The van der Waals surface area contributed by atoms with E-state index in [2.05, 4.69) is 48.3 Å². The Balaban J connectivity index is 2.33. The van der Waals surface area contributed by atoms with E-state index in [0.29, 0.717) is 6.54 Å². The predicted molar refractivity (Wildman–Crippen MR) is 71.1 cm³/mol. The second kappa shape index (κ2) is 5.11. The molecule has 0 bridgehead atoms. The average Bonchev–Trinajstić information content (AvgIpc) is 2.35. The highest BCUT2D eigenvalue weighted by Gasteiger charge is 2.13. The Morgan fingerprint density at radius 3 is 2.18 bits per heavy atom. The number of nitrogens with zero attached hydrogens (tertiary/aromatic N) is 1. The molecule has 0 aliphatic carbocycles. The number of hydrogen-bond donors (Lipinski definition) is 1. The first-order valence-electron chi connectivity index (χ1n) is 5.90. The van der Waals surface area contributed by atoms with E-state index < -0.39 is 0 Å². The lowest BCUT2D eigenvalue weighted by Gasteiger charge is -2.15. The fraction of sp³-hybridized carbons (Fsp3) is 0.267. The van der Waals surface area contributed by atoms with E-state index in [9.17, 15) is 0 Å². The highest BCUT2D eigenvalue weighted by Crippen LogP contribution is 2.22. The molecule has 2 rings (SSSR count). The highest BCUT2D eigenvalue weighted by molar-refractivity contribution is 5.31. The zero-order valence-corrected chi connectivity index (χ0v) is 10.4. The maximum atomic E-state index is 5.87. The number of pyridine rings is 1. The summed E-state index contributed by atoms with van der Waals surface area (Å²) in [6.45, 7) is 4.71. The Kier molecular flexibility index (Phi) is 3.55. The molecule has 1 aromatic carbocycles. The summed E-state index contributed by atoms with van der Waals surface area (Å²) in [6.07, 6.45) is 1.90. The summed E-state index contributed by atoms with van der Waals surface area (Å²) in [7, 11) is 0. The van der Waals surface area contributed by atoms with Crippen LogP contribution in [0.5, 0.6) is 0 Å². The lowest BCUT2D eigenvalue weighted by atomic mass is 9.94. The van der Waals surface area contributed by atoms with Crippen molar-refractivity contribution in [1.82, 2.24) is 4.98 Å². The third kappa shape index (κ3) is 2.71. The maximum absolute atomic E-state index is 5.87. The molecule has 0 radical (unpaired) electrons. The van der Waals surface area contributed by atoms with Crippen LogP contribution >= 0.6 is 0 Å². The molecule has 0 unspecified atom stereocenters. The van der Waals surface area contributed by atoms with Gasteiger partial charge in [-0.05, 0) is 31.0 Å². The Morgan fingerprint density at radius 1 is 1.00 bits per heavy atom. The van der Waals surface area contributed by atoms with Crippen molar-refractivity contribution in [3.8, 4) is 0 Å². The van der Waals surface area contributed by atoms with Gasteiger partial charge in [-0.3, -0.25) is 4.98 Å². The summed E-state index contributed by atoms with van der Waals surface area (Å²) >= 11 is 0. The fourth-order valence-corrected chi connectivity index (χ4v) is 1.91. The zero-order chi connectivity index (χ0) is 12.3. The maximum Gasteiger partial charge on any atom is 0.0491 e. The molecule has 0 saturated carbocycles. The van der Waals surface area contributed by atoms with Crippen molar-refractivity contribution in [3.63, 3.8) is 0 Å². The monoisotopic (exact) mass is 226 g/mol. The minimum atomic E-state index is 0.191. The van der Waals surface area contributed by atoms with Gasteiger partial charge in [0.15, 0.2) is 0 Å². The minimum Gasteiger partial charge on any atom is -0.329 e. The van der Waals surface area contributed by atoms with Gasteiger partial charge in [-0.25, -0.2) is 0 Å². The summed E-state index contributed by atoms with van der Waals surface area (Å²) in [5, 5.41) is 0. The van der Waals surface area contributed by atoms with Crippen LogP contribution in [0.4, 0.5) is 0 Å². The number of rotatable bonds is 3. The molecular weight excluding hydrogens is 208 g/mol. The smallest absolute Gasteiger partial charge is 0.0491 e. The third-order valence-corrected chi connectivity index (χ3v) is 3.01. The van der Waals surface area contributed by atoms with E-state index in [1.165, 1.54) is 16.7 Å². The topological polar surface area (TPSA) is 38.9 Å². The van der Waals surface area contributed by atoms with Crippen molar-refractivity contribution in [2.75, 3.05) is 6.54 Å². The van der Waals surface area contributed by atoms with Gasteiger partial charge >= 0.3 is 0 Å². The number of aromatic nitrogens is 1. The quantitative estimate of drug-likeness (QED) is 0.874. The Labute approximate surface area is 103 Å². The molecule has 2 aromatic rings. The molecule has 88 valence electrons. The van der Waals surface area contributed by atoms with E-state index in [1.54, 1.807) is 0 Å². The summed E-state index contributed by atoms with van der Waals surface area (Å²) in [5.41, 5.74) is 10.6. The van der Waals surface area contributed by atoms with Crippen molar-refractivity contribution in [2.24, 2.45) is 5.73 Å². The van der Waals surface area contributed by atoms with E-state index in [0.717, 1.165) is 5.69 Å². The molecule has 0 fully saturated rings. The Bertz CT molecular complexity index is 426. The zero-order valence-electron chi connectivity index (χ0n) is 10.4. The van der Waals surface area contributed by atoms with Gasteiger partial charge in [-0.15, -0.1) is 0 Å². The molecule has 0 aliphatic rings. The van der Waals surface area contributed by atoms with Gasteiger partial charge in [0.2, 0.25) is 0 Å². The lowest BCUT2D eigenvalue weighted by molar-refractivity contribution is 0.786. The van der Waals surface area contributed by atoms with Crippen LogP contribution in [0.15, 0.2) is 42.6 Å². The minimum absolute atomic E-state index is 0.191. The number of hydrogen-bond acceptors (Lipinski definition) is 2. The second-order valence-electron chi connectivity index (χ2n) is 4.46. The number of benzene rings is 1. The molecule has 0 aliphatic heterocycles. The Morgan fingerprint density at radius 2 is 1.65 bits per heavy atom. The largest absolute Gasteiger partial charge is 0.329 e. The molecule has 0 amide bonds. The van der Waals surface area contributed by atoms with Crippen LogP contribution in [0, 0.1) is 13.8 Å². The molecule has 1 heterocycles. The average molecular weight is 226 g/mol. The SMILES string of the molecule is Cc1ccc([C@@H](CN)c2ccc(C)cn2)cc1. The molecular formula is C15H18N2. The van der Waals surface area contributed by atoms with Gasteiger partial charge in [0.05, 0.1) is 0 Å². The fourth-order valence-electron chi connectivity index (χ4n) is 1.91. The molecule has 0 saturated heterocycles. The van der Waals surface area contributed by atoms with E-state index in [-0.39, 0.29) is 5.92 Å². The number of nitrogens with two attached hydrogens (primary N) is 1. The van der Waals surface area contributed by atoms with Crippen LogP contribution in [0.25, 0.3) is 0 Å². The highest BCUT2D eigenvalue weighted by atomic mass is 14.7. The van der Waals surface area contributed by atoms with Crippen LogP contribution < -0.4 is 5.73 Å².